The lowest BCUT2D eigenvalue weighted by Gasteiger charge is -2.19. The van der Waals surface area contributed by atoms with Crippen LogP contribution in [0.25, 0.3) is 0 Å². The summed E-state index contributed by atoms with van der Waals surface area (Å²) in [7, 11) is 0. The molecule has 4 aromatic carbocycles. The first-order chi connectivity index (χ1) is 18.4. The summed E-state index contributed by atoms with van der Waals surface area (Å²) in [6.07, 6.45) is -0.00294. The fourth-order valence-corrected chi connectivity index (χ4v) is 3.29. The summed E-state index contributed by atoms with van der Waals surface area (Å²) in [5, 5.41) is 4.96. The predicted molar refractivity (Wildman–Crippen MR) is 141 cm³/mol. The molecule has 4 aromatic rings. The summed E-state index contributed by atoms with van der Waals surface area (Å²) in [4.78, 5) is 25.0. The van der Waals surface area contributed by atoms with Crippen LogP contribution >= 0.6 is 23.2 Å². The van der Waals surface area contributed by atoms with Crippen molar-refractivity contribution >= 4 is 41.3 Å². The van der Waals surface area contributed by atoms with Crippen LogP contribution < -0.4 is 19.6 Å². The van der Waals surface area contributed by atoms with Crippen LogP contribution in [-0.4, -0.2) is 24.4 Å². The lowest BCUT2D eigenvalue weighted by atomic mass is 10.2. The molecule has 0 heterocycles. The molecular formula is C28H19Cl2FN2O5. The summed E-state index contributed by atoms with van der Waals surface area (Å²) in [5.41, 5.74) is 2.79. The summed E-state index contributed by atoms with van der Waals surface area (Å²) >= 11 is 11.8. The van der Waals surface area contributed by atoms with E-state index in [1.807, 2.05) is 0 Å². The molecule has 7 nitrogen and oxygen atoms in total. The molecule has 0 aliphatic heterocycles. The van der Waals surface area contributed by atoms with Crippen LogP contribution in [0.5, 0.6) is 17.2 Å². The largest absolute Gasteiger partial charge is 0.446 e. The maximum atomic E-state index is 13.8. The molecule has 0 radical (unpaired) electrons. The highest BCUT2D eigenvalue weighted by molar-refractivity contribution is 6.30. The van der Waals surface area contributed by atoms with E-state index in [2.05, 4.69) is 10.5 Å². The van der Waals surface area contributed by atoms with Gasteiger partial charge >= 0.3 is 18.2 Å². The Balaban J connectivity index is 1.38. The second-order valence-corrected chi connectivity index (χ2v) is 8.52. The minimum Gasteiger partial charge on any atom is -0.446 e. The molecule has 1 amide bonds. The Hall–Kier alpha value is -4.40. The molecule has 0 unspecified atom stereocenters. The third-order valence-electron chi connectivity index (χ3n) is 4.90. The number of ether oxygens (including phenoxy) is 3. The van der Waals surface area contributed by atoms with E-state index >= 15 is 0 Å². The van der Waals surface area contributed by atoms with Crippen molar-refractivity contribution in [3.8, 4) is 17.2 Å². The van der Waals surface area contributed by atoms with Crippen molar-refractivity contribution in [2.75, 3.05) is 0 Å². The summed E-state index contributed by atoms with van der Waals surface area (Å²) < 4.78 is 30.3. The van der Waals surface area contributed by atoms with Crippen LogP contribution in [0.2, 0.25) is 10.0 Å². The van der Waals surface area contributed by atoms with Crippen molar-refractivity contribution in [3.63, 3.8) is 0 Å². The Morgan fingerprint density at radius 3 is 1.84 bits per heavy atom. The van der Waals surface area contributed by atoms with Gasteiger partial charge in [-0.25, -0.2) is 14.6 Å². The summed E-state index contributed by atoms with van der Waals surface area (Å²) in [5.74, 6) is -1.24. The molecule has 0 aliphatic rings. The molecule has 1 N–H and O–H groups in total. The van der Waals surface area contributed by atoms with E-state index in [1.165, 1.54) is 36.5 Å². The first-order valence-corrected chi connectivity index (χ1v) is 11.9. The number of rotatable bonds is 9. The minimum atomic E-state index is -1.38. The van der Waals surface area contributed by atoms with Crippen molar-refractivity contribution in [1.82, 2.24) is 5.43 Å². The van der Waals surface area contributed by atoms with Gasteiger partial charge in [-0.1, -0.05) is 35.3 Å². The number of carbonyl (C=O) groups is 2. The highest BCUT2D eigenvalue weighted by atomic mass is 35.5. The van der Waals surface area contributed by atoms with Crippen molar-refractivity contribution in [3.05, 3.63) is 124 Å². The highest BCUT2D eigenvalue weighted by Gasteiger charge is 2.23. The Bertz CT molecular complexity index is 1380. The van der Waals surface area contributed by atoms with Crippen LogP contribution in [0.3, 0.4) is 0 Å². The van der Waals surface area contributed by atoms with Gasteiger partial charge in [0.05, 0.1) is 11.8 Å². The van der Waals surface area contributed by atoms with Crippen molar-refractivity contribution in [1.29, 1.82) is 0 Å². The van der Waals surface area contributed by atoms with E-state index in [-0.39, 0.29) is 11.3 Å². The molecule has 0 saturated heterocycles. The van der Waals surface area contributed by atoms with Crippen LogP contribution in [-0.2, 0) is 4.79 Å². The lowest BCUT2D eigenvalue weighted by molar-refractivity contribution is -0.140. The number of nitrogens with zero attached hydrogens (tertiary/aromatic N) is 1. The molecule has 0 aliphatic carbocycles. The first kappa shape index (κ1) is 26.7. The van der Waals surface area contributed by atoms with Gasteiger partial charge in [0, 0.05) is 10.0 Å². The average Bonchev–Trinajstić information content (AvgIpc) is 2.92. The molecule has 0 saturated carbocycles. The zero-order chi connectivity index (χ0) is 26.9. The van der Waals surface area contributed by atoms with Crippen molar-refractivity contribution in [2.45, 2.75) is 6.29 Å². The van der Waals surface area contributed by atoms with E-state index in [0.29, 0.717) is 27.1 Å². The molecule has 38 heavy (non-hydrogen) atoms. The average molecular weight is 553 g/mol. The molecule has 0 fully saturated rings. The zero-order valence-corrected chi connectivity index (χ0v) is 21.0. The van der Waals surface area contributed by atoms with Crippen LogP contribution in [0.15, 0.2) is 102 Å². The van der Waals surface area contributed by atoms with Gasteiger partial charge in [0.25, 0.3) is 0 Å². The molecule has 0 spiro atoms. The fraction of sp³-hybridized carbons (Fsp3) is 0.0357. The number of nitrogens with one attached hydrogen (secondary N) is 1. The zero-order valence-electron chi connectivity index (χ0n) is 19.5. The number of halogens is 3. The normalized spacial score (nSPS) is 10.8. The van der Waals surface area contributed by atoms with Gasteiger partial charge in [0.2, 0.25) is 0 Å². The fourth-order valence-electron chi connectivity index (χ4n) is 3.04. The topological polar surface area (TPSA) is 86.2 Å². The molecule has 0 bridgehead atoms. The molecule has 10 heteroatoms. The van der Waals surface area contributed by atoms with Gasteiger partial charge in [0.1, 0.15) is 23.1 Å². The minimum absolute atomic E-state index is 0.169. The third-order valence-corrected chi connectivity index (χ3v) is 5.40. The third kappa shape index (κ3) is 7.55. The number of hydrazone groups is 1. The lowest BCUT2D eigenvalue weighted by Crippen LogP contribution is -2.40. The van der Waals surface area contributed by atoms with Crippen molar-refractivity contribution in [2.24, 2.45) is 5.10 Å². The summed E-state index contributed by atoms with van der Waals surface area (Å²) in [6, 6.07) is 24.6. The Kier molecular flexibility index (Phi) is 8.92. The monoisotopic (exact) mass is 552 g/mol. The van der Waals surface area contributed by atoms with E-state index in [1.54, 1.807) is 66.7 Å². The second kappa shape index (κ2) is 12.7. The molecule has 192 valence electrons. The predicted octanol–water partition coefficient (Wildman–Crippen LogP) is 6.29. The Labute approximate surface area is 227 Å². The molecule has 0 atom stereocenters. The number of amides is 1. The van der Waals surface area contributed by atoms with Crippen LogP contribution in [0.4, 0.5) is 4.39 Å². The van der Waals surface area contributed by atoms with Gasteiger partial charge in [-0.15, -0.1) is 0 Å². The van der Waals surface area contributed by atoms with Crippen LogP contribution in [0, 0.1) is 5.82 Å². The quantitative estimate of drug-likeness (QED) is 0.0867. The van der Waals surface area contributed by atoms with Gasteiger partial charge in [-0.2, -0.15) is 5.10 Å². The molecular weight excluding hydrogens is 534 g/mol. The maximum absolute atomic E-state index is 13.8. The van der Waals surface area contributed by atoms with Gasteiger partial charge < -0.3 is 14.2 Å². The smallest absolute Gasteiger partial charge is 0.346 e. The number of hydrogen-bond donors (Lipinski definition) is 1. The Morgan fingerprint density at radius 2 is 1.29 bits per heavy atom. The van der Waals surface area contributed by atoms with Gasteiger partial charge in [-0.3, -0.25) is 4.79 Å². The van der Waals surface area contributed by atoms with E-state index in [4.69, 9.17) is 37.4 Å². The number of esters is 1. The number of hydrogen-bond acceptors (Lipinski definition) is 6. The maximum Gasteiger partial charge on any atom is 0.346 e. The highest BCUT2D eigenvalue weighted by Crippen LogP contribution is 2.21. The van der Waals surface area contributed by atoms with Gasteiger partial charge in [-0.05, 0) is 90.5 Å². The van der Waals surface area contributed by atoms with Crippen molar-refractivity contribution < 1.29 is 28.2 Å². The first-order valence-electron chi connectivity index (χ1n) is 11.1. The second-order valence-electron chi connectivity index (χ2n) is 7.65. The SMILES string of the molecule is O=C(Oc1ccc(C=NNC(=O)C(Oc2ccc(Cl)cc2)Oc2ccc(Cl)cc2)cc1)c1ccccc1F. The van der Waals surface area contributed by atoms with E-state index in [0.717, 1.165) is 0 Å². The van der Waals surface area contributed by atoms with E-state index in [9.17, 15) is 14.0 Å². The summed E-state index contributed by atoms with van der Waals surface area (Å²) in [6.45, 7) is 0. The van der Waals surface area contributed by atoms with Gasteiger partial charge in [0.15, 0.2) is 0 Å². The number of benzene rings is 4. The van der Waals surface area contributed by atoms with Crippen LogP contribution in [0.1, 0.15) is 15.9 Å². The molecule has 4 rings (SSSR count). The van der Waals surface area contributed by atoms with E-state index < -0.39 is 24.0 Å². The standard InChI is InChI=1S/C28H19Cl2FN2O5/c29-19-7-13-22(14-8-19)37-28(38-23-15-9-20(30)10-16-23)26(34)33-32-17-18-5-11-21(12-6-18)36-27(35)24-3-1-2-4-25(24)31/h1-17,28H,(H,33,34). The number of carbonyl (C=O) groups excluding carboxylic acids is 2. The molecule has 0 aromatic heterocycles. The Morgan fingerprint density at radius 1 is 0.763 bits per heavy atom.